The molecule has 0 radical (unpaired) electrons. The van der Waals surface area contributed by atoms with Crippen molar-refractivity contribution in [2.45, 2.75) is 102 Å². The van der Waals surface area contributed by atoms with E-state index in [1.54, 1.807) is 12.1 Å². The molecular weight excluding hydrogens is 392 g/mol. The molecule has 170 valence electrons. The summed E-state index contributed by atoms with van der Waals surface area (Å²) in [5.74, 6) is 3.04. The molecule has 0 saturated heterocycles. The zero-order valence-corrected chi connectivity index (χ0v) is 18.1. The van der Waals surface area contributed by atoms with Gasteiger partial charge in [0.2, 0.25) is 0 Å². The van der Waals surface area contributed by atoms with Crippen molar-refractivity contribution in [3.05, 3.63) is 29.8 Å². The molecule has 3 rings (SSSR count). The summed E-state index contributed by atoms with van der Waals surface area (Å²) in [5.41, 5.74) is 1.13. The van der Waals surface area contributed by atoms with Crippen molar-refractivity contribution in [3.63, 3.8) is 0 Å². The van der Waals surface area contributed by atoms with Gasteiger partial charge in [-0.15, -0.1) is 0 Å². The maximum absolute atomic E-state index is 13.0. The van der Waals surface area contributed by atoms with Gasteiger partial charge >= 0.3 is 12.5 Å². The molecule has 2 aliphatic carbocycles. The molecule has 0 aliphatic heterocycles. The van der Waals surface area contributed by atoms with Gasteiger partial charge in [-0.2, -0.15) is 17.6 Å². The summed E-state index contributed by atoms with van der Waals surface area (Å²) in [7, 11) is 0. The van der Waals surface area contributed by atoms with Gasteiger partial charge in [0.05, 0.1) is 0 Å². The fraction of sp³-hybridized carbons (Fsp3) is 0.760. The van der Waals surface area contributed by atoms with Gasteiger partial charge in [-0.05, 0) is 79.9 Å². The lowest BCUT2D eigenvalue weighted by Gasteiger charge is -2.38. The molecule has 2 saturated carbocycles. The van der Waals surface area contributed by atoms with Crippen molar-refractivity contribution < 1.29 is 22.3 Å². The largest absolute Gasteiger partial charge is 0.457 e. The maximum Gasteiger partial charge on any atom is 0.457 e. The monoisotopic (exact) mass is 428 g/mol. The van der Waals surface area contributed by atoms with E-state index < -0.39 is 12.5 Å². The third kappa shape index (κ3) is 6.62. The van der Waals surface area contributed by atoms with E-state index in [0.717, 1.165) is 36.2 Å². The van der Waals surface area contributed by atoms with E-state index >= 15 is 0 Å². The first-order valence-electron chi connectivity index (χ1n) is 11.8. The molecule has 0 amide bonds. The summed E-state index contributed by atoms with van der Waals surface area (Å²) >= 11 is 0. The number of ether oxygens (including phenoxy) is 1. The van der Waals surface area contributed by atoms with Crippen molar-refractivity contribution >= 4 is 0 Å². The molecular formula is C25H36F4O. The Kier molecular flexibility index (Phi) is 8.47. The summed E-state index contributed by atoms with van der Waals surface area (Å²) in [5, 5.41) is 0. The van der Waals surface area contributed by atoms with Crippen LogP contribution in [0.4, 0.5) is 17.6 Å². The topological polar surface area (TPSA) is 9.23 Å². The van der Waals surface area contributed by atoms with Crippen LogP contribution in [0.3, 0.4) is 0 Å². The predicted molar refractivity (Wildman–Crippen MR) is 112 cm³/mol. The molecule has 0 aromatic heterocycles. The van der Waals surface area contributed by atoms with Gasteiger partial charge in [-0.25, -0.2) is 0 Å². The third-order valence-electron chi connectivity index (χ3n) is 7.39. The molecule has 1 unspecified atom stereocenters. The van der Waals surface area contributed by atoms with Crippen LogP contribution in [-0.2, 0) is 0 Å². The van der Waals surface area contributed by atoms with Crippen LogP contribution >= 0.6 is 0 Å². The number of rotatable bonds is 8. The average molecular weight is 429 g/mol. The number of alkyl halides is 4. The Balaban J connectivity index is 1.41. The van der Waals surface area contributed by atoms with Crippen molar-refractivity contribution in [2.24, 2.45) is 17.8 Å². The number of hydrogen-bond acceptors (Lipinski definition) is 1. The summed E-state index contributed by atoms with van der Waals surface area (Å²) in [6.07, 6.45) is 7.56. The average Bonchev–Trinajstić information content (AvgIpc) is 2.74. The van der Waals surface area contributed by atoms with E-state index in [2.05, 4.69) is 11.7 Å². The number of unbranched alkanes of at least 4 members (excludes halogenated alkanes) is 2. The first-order valence-corrected chi connectivity index (χ1v) is 11.8. The first kappa shape index (κ1) is 23.4. The van der Waals surface area contributed by atoms with E-state index in [-0.39, 0.29) is 5.75 Å². The van der Waals surface area contributed by atoms with Crippen LogP contribution in [0.15, 0.2) is 24.3 Å². The Hall–Kier alpha value is -1.26. The highest BCUT2D eigenvalue weighted by atomic mass is 19.4. The van der Waals surface area contributed by atoms with Crippen LogP contribution in [0.2, 0.25) is 0 Å². The Bertz CT molecular complexity index is 611. The minimum Gasteiger partial charge on any atom is -0.452 e. The second-order valence-corrected chi connectivity index (χ2v) is 9.43. The Morgan fingerprint density at radius 1 is 0.867 bits per heavy atom. The molecule has 0 N–H and O–H groups in total. The highest BCUT2D eigenvalue weighted by molar-refractivity contribution is 5.30. The van der Waals surface area contributed by atoms with Crippen molar-refractivity contribution in [2.75, 3.05) is 0 Å². The van der Waals surface area contributed by atoms with Crippen LogP contribution in [-0.4, -0.2) is 12.5 Å². The Labute approximate surface area is 178 Å². The van der Waals surface area contributed by atoms with E-state index in [1.807, 2.05) is 0 Å². The van der Waals surface area contributed by atoms with E-state index in [1.165, 1.54) is 76.3 Å². The van der Waals surface area contributed by atoms with E-state index in [4.69, 9.17) is 0 Å². The minimum atomic E-state index is -4.99. The highest BCUT2D eigenvalue weighted by Gasteiger charge is 2.42. The molecule has 1 nitrogen and oxygen atoms in total. The molecule has 1 aromatic rings. The predicted octanol–water partition coefficient (Wildman–Crippen LogP) is 8.58. The molecule has 0 bridgehead atoms. The second-order valence-electron chi connectivity index (χ2n) is 9.43. The van der Waals surface area contributed by atoms with Crippen LogP contribution in [0, 0.1) is 17.8 Å². The van der Waals surface area contributed by atoms with Crippen LogP contribution in [0.1, 0.15) is 95.5 Å². The fourth-order valence-electron chi connectivity index (χ4n) is 5.56. The van der Waals surface area contributed by atoms with Gasteiger partial charge in [0.15, 0.2) is 0 Å². The van der Waals surface area contributed by atoms with Gasteiger partial charge in [-0.1, -0.05) is 57.6 Å². The molecule has 2 fully saturated rings. The second kappa shape index (κ2) is 10.9. The van der Waals surface area contributed by atoms with Gasteiger partial charge in [-0.3, -0.25) is 0 Å². The molecule has 30 heavy (non-hydrogen) atoms. The zero-order chi connectivity index (χ0) is 21.6. The molecule has 0 heterocycles. The lowest BCUT2D eigenvalue weighted by atomic mass is 9.68. The number of hydrogen-bond donors (Lipinski definition) is 0. The Morgan fingerprint density at radius 2 is 1.43 bits per heavy atom. The van der Waals surface area contributed by atoms with Gasteiger partial charge in [0.25, 0.3) is 0 Å². The fourth-order valence-corrected chi connectivity index (χ4v) is 5.56. The van der Waals surface area contributed by atoms with Crippen LogP contribution < -0.4 is 4.74 Å². The zero-order valence-electron chi connectivity index (χ0n) is 18.1. The van der Waals surface area contributed by atoms with Crippen molar-refractivity contribution in [1.82, 2.24) is 0 Å². The molecule has 1 aromatic carbocycles. The van der Waals surface area contributed by atoms with Gasteiger partial charge in [0.1, 0.15) is 5.75 Å². The van der Waals surface area contributed by atoms with Crippen LogP contribution in [0.5, 0.6) is 5.75 Å². The van der Waals surface area contributed by atoms with Gasteiger partial charge in [0, 0.05) is 0 Å². The summed E-state index contributed by atoms with van der Waals surface area (Å²) in [4.78, 5) is 0. The number of benzene rings is 1. The van der Waals surface area contributed by atoms with Crippen LogP contribution in [0.25, 0.3) is 0 Å². The van der Waals surface area contributed by atoms with E-state index in [9.17, 15) is 17.6 Å². The summed E-state index contributed by atoms with van der Waals surface area (Å²) < 4.78 is 54.2. The standard InChI is InChI=1S/C25H36F4O/c1-2-3-4-5-18-6-8-19(9-7-18)20-10-12-21(13-11-20)22-14-16-23(17-15-22)30-24(26)25(27,28)29/h14-21,24H,2-13H2,1H3. The van der Waals surface area contributed by atoms with Crippen molar-refractivity contribution in [3.8, 4) is 5.75 Å². The maximum atomic E-state index is 13.0. The minimum absolute atomic E-state index is 0.0760. The van der Waals surface area contributed by atoms with Gasteiger partial charge < -0.3 is 4.74 Å². The lowest BCUT2D eigenvalue weighted by Crippen LogP contribution is -2.29. The normalized spacial score (nSPS) is 28.8. The number of halogens is 4. The summed E-state index contributed by atoms with van der Waals surface area (Å²) in [6.45, 7) is 2.27. The SMILES string of the molecule is CCCCCC1CCC(C2CCC(c3ccc(OC(F)C(F)(F)F)cc3)CC2)CC1. The Morgan fingerprint density at radius 3 is 1.97 bits per heavy atom. The molecule has 2 aliphatic rings. The first-order chi connectivity index (χ1) is 14.4. The quantitative estimate of drug-likeness (QED) is 0.297. The van der Waals surface area contributed by atoms with Crippen molar-refractivity contribution in [1.29, 1.82) is 0 Å². The third-order valence-corrected chi connectivity index (χ3v) is 7.39. The summed E-state index contributed by atoms with van der Waals surface area (Å²) in [6, 6.07) is 6.51. The molecule has 1 atom stereocenters. The molecule has 5 heteroatoms. The lowest BCUT2D eigenvalue weighted by molar-refractivity contribution is -0.236. The highest BCUT2D eigenvalue weighted by Crippen LogP contribution is 2.44. The smallest absolute Gasteiger partial charge is 0.452 e. The van der Waals surface area contributed by atoms with E-state index in [0.29, 0.717) is 5.92 Å². The molecule has 0 spiro atoms.